The van der Waals surface area contributed by atoms with E-state index in [-0.39, 0.29) is 22.5 Å². The van der Waals surface area contributed by atoms with Crippen molar-refractivity contribution in [3.05, 3.63) is 63.7 Å². The van der Waals surface area contributed by atoms with Crippen LogP contribution in [-0.4, -0.2) is 43.2 Å². The number of anilines is 2. The Morgan fingerprint density at radius 3 is 2.63 bits per heavy atom. The molecule has 0 bridgehead atoms. The number of hydrogen-bond donors (Lipinski definition) is 2. The monoisotopic (exact) mass is 412 g/mol. The van der Waals surface area contributed by atoms with Crippen molar-refractivity contribution in [2.24, 2.45) is 0 Å². The number of benzene rings is 2. The smallest absolute Gasteiger partial charge is 0.341 e. The van der Waals surface area contributed by atoms with E-state index in [9.17, 15) is 19.7 Å². The molecule has 0 radical (unpaired) electrons. The number of carbonyl (C=O) groups excluding carboxylic acids is 2. The van der Waals surface area contributed by atoms with E-state index in [2.05, 4.69) is 10.6 Å². The topological polar surface area (TPSA) is 144 Å². The Morgan fingerprint density at radius 2 is 1.97 bits per heavy atom. The van der Waals surface area contributed by atoms with Gasteiger partial charge in [-0.2, -0.15) is 5.26 Å². The van der Waals surface area contributed by atoms with E-state index in [1.165, 1.54) is 32.2 Å². The summed E-state index contributed by atoms with van der Waals surface area (Å²) in [4.78, 5) is 35.4. The van der Waals surface area contributed by atoms with Gasteiger partial charge in [0.15, 0.2) is 6.10 Å². The molecule has 2 rings (SSSR count). The number of nitriles is 1. The van der Waals surface area contributed by atoms with Crippen LogP contribution in [0.5, 0.6) is 0 Å². The van der Waals surface area contributed by atoms with Gasteiger partial charge in [-0.25, -0.2) is 4.79 Å². The summed E-state index contributed by atoms with van der Waals surface area (Å²) in [5.74, 6) is -1.56. The third-order valence-electron chi connectivity index (χ3n) is 4.01. The molecule has 10 nitrogen and oxygen atoms in total. The molecule has 30 heavy (non-hydrogen) atoms. The molecular weight excluding hydrogens is 392 g/mol. The first-order valence-corrected chi connectivity index (χ1v) is 8.89. The van der Waals surface area contributed by atoms with Gasteiger partial charge in [0.1, 0.15) is 6.07 Å². The number of rotatable bonds is 9. The highest BCUT2D eigenvalue weighted by molar-refractivity contribution is 6.00. The van der Waals surface area contributed by atoms with Crippen LogP contribution in [0.2, 0.25) is 0 Å². The maximum Gasteiger partial charge on any atom is 0.341 e. The molecule has 156 valence electrons. The average Bonchev–Trinajstić information content (AvgIpc) is 2.74. The number of methoxy groups -OCH3 is 1. The molecule has 0 fully saturated rings. The van der Waals surface area contributed by atoms with Crippen LogP contribution in [0.3, 0.4) is 0 Å². The first kappa shape index (κ1) is 22.3. The van der Waals surface area contributed by atoms with Crippen LogP contribution in [0, 0.1) is 21.4 Å². The number of nitro groups is 1. The first-order valence-electron chi connectivity index (χ1n) is 8.89. The molecule has 0 saturated carbocycles. The Bertz CT molecular complexity index is 986. The minimum atomic E-state index is -1.21. The molecule has 1 amide bonds. The van der Waals surface area contributed by atoms with Crippen LogP contribution in [0.25, 0.3) is 0 Å². The number of hydrogen-bond acceptors (Lipinski definition) is 8. The van der Waals surface area contributed by atoms with Gasteiger partial charge in [0.2, 0.25) is 0 Å². The lowest BCUT2D eigenvalue weighted by atomic mass is 10.1. The molecule has 2 aromatic carbocycles. The lowest BCUT2D eigenvalue weighted by Crippen LogP contribution is -2.30. The lowest BCUT2D eigenvalue weighted by molar-refractivity contribution is -0.384. The van der Waals surface area contributed by atoms with Crippen molar-refractivity contribution in [3.8, 4) is 6.07 Å². The van der Waals surface area contributed by atoms with Crippen molar-refractivity contribution in [3.63, 3.8) is 0 Å². The lowest BCUT2D eigenvalue weighted by Gasteiger charge is -2.16. The van der Waals surface area contributed by atoms with Crippen LogP contribution in [0.1, 0.15) is 22.8 Å². The summed E-state index contributed by atoms with van der Waals surface area (Å²) in [7, 11) is 1.51. The van der Waals surface area contributed by atoms with E-state index in [4.69, 9.17) is 14.7 Å². The summed E-state index contributed by atoms with van der Waals surface area (Å²) < 4.78 is 10.1. The Labute approximate surface area is 172 Å². The standard InChI is InChI=1S/C20H20N4O6/c1-13(19(25)23-17-6-4-3-5-14(17)12-21)30-20(26)16-11-15(24(27)28)7-8-18(16)22-9-10-29-2/h3-8,11,13,22H,9-10H2,1-2H3,(H,23,25)/t13-/m0/s1. The number of nitrogens with zero attached hydrogens (tertiary/aromatic N) is 2. The second kappa shape index (κ2) is 10.5. The molecule has 0 aliphatic carbocycles. The van der Waals surface area contributed by atoms with Crippen molar-refractivity contribution in [1.82, 2.24) is 0 Å². The number of ether oxygens (including phenoxy) is 2. The summed E-state index contributed by atoms with van der Waals surface area (Å²) in [6.07, 6.45) is -1.21. The highest BCUT2D eigenvalue weighted by Gasteiger charge is 2.23. The van der Waals surface area contributed by atoms with E-state index in [0.717, 1.165) is 6.07 Å². The maximum absolute atomic E-state index is 12.6. The number of nitro benzene ring substituents is 1. The van der Waals surface area contributed by atoms with Crippen LogP contribution >= 0.6 is 0 Å². The fourth-order valence-corrected chi connectivity index (χ4v) is 2.46. The van der Waals surface area contributed by atoms with Gasteiger partial charge in [-0.15, -0.1) is 0 Å². The second-order valence-electron chi connectivity index (χ2n) is 6.10. The number of amides is 1. The van der Waals surface area contributed by atoms with E-state index >= 15 is 0 Å². The fraction of sp³-hybridized carbons (Fsp3) is 0.250. The minimum Gasteiger partial charge on any atom is -0.449 e. The highest BCUT2D eigenvalue weighted by Crippen LogP contribution is 2.24. The Hall–Kier alpha value is -3.97. The van der Waals surface area contributed by atoms with Gasteiger partial charge >= 0.3 is 5.97 Å². The number of non-ortho nitro benzene ring substituents is 1. The molecule has 2 N–H and O–H groups in total. The molecule has 2 aromatic rings. The molecule has 0 aliphatic heterocycles. The van der Waals surface area contributed by atoms with E-state index in [1.807, 2.05) is 6.07 Å². The quantitative estimate of drug-likeness (QED) is 0.277. The Balaban J connectivity index is 2.16. The van der Waals surface area contributed by atoms with Crippen molar-refractivity contribution in [2.45, 2.75) is 13.0 Å². The summed E-state index contributed by atoms with van der Waals surface area (Å²) >= 11 is 0. The van der Waals surface area contributed by atoms with Gasteiger partial charge in [-0.1, -0.05) is 12.1 Å². The van der Waals surface area contributed by atoms with E-state index in [0.29, 0.717) is 18.8 Å². The summed E-state index contributed by atoms with van der Waals surface area (Å²) in [6, 6.07) is 12.0. The fourth-order valence-electron chi connectivity index (χ4n) is 2.46. The zero-order valence-electron chi connectivity index (χ0n) is 16.4. The van der Waals surface area contributed by atoms with Gasteiger partial charge in [-0.05, 0) is 25.1 Å². The second-order valence-corrected chi connectivity index (χ2v) is 6.10. The van der Waals surface area contributed by atoms with Gasteiger partial charge in [-0.3, -0.25) is 14.9 Å². The zero-order chi connectivity index (χ0) is 22.1. The normalized spacial score (nSPS) is 11.1. The maximum atomic E-state index is 12.6. The SMILES string of the molecule is COCCNc1ccc([N+](=O)[O-])cc1C(=O)O[C@@H](C)C(=O)Nc1ccccc1C#N. The van der Waals surface area contributed by atoms with Gasteiger partial charge in [0.05, 0.1) is 28.3 Å². The average molecular weight is 412 g/mol. The molecule has 1 atom stereocenters. The number of para-hydroxylation sites is 1. The summed E-state index contributed by atoms with van der Waals surface area (Å²) in [5.41, 5.74) is 0.472. The number of esters is 1. The molecule has 0 spiro atoms. The zero-order valence-corrected chi connectivity index (χ0v) is 16.4. The first-order chi connectivity index (χ1) is 14.4. The van der Waals surface area contributed by atoms with Crippen molar-refractivity contribution in [1.29, 1.82) is 5.26 Å². The van der Waals surface area contributed by atoms with Crippen molar-refractivity contribution >= 4 is 28.9 Å². The Morgan fingerprint density at radius 1 is 1.23 bits per heavy atom. The molecule has 0 aliphatic rings. The number of carbonyl (C=O) groups is 2. The van der Waals surface area contributed by atoms with Gasteiger partial charge in [0.25, 0.3) is 11.6 Å². The molecule has 0 saturated heterocycles. The van der Waals surface area contributed by atoms with Crippen LogP contribution < -0.4 is 10.6 Å². The van der Waals surface area contributed by atoms with Gasteiger partial charge in [0, 0.05) is 31.5 Å². The van der Waals surface area contributed by atoms with E-state index < -0.39 is 22.9 Å². The molecule has 0 unspecified atom stereocenters. The van der Waals surface area contributed by atoms with Crippen molar-refractivity contribution in [2.75, 3.05) is 30.9 Å². The molecular formula is C20H20N4O6. The summed E-state index contributed by atoms with van der Waals surface area (Å²) in [5, 5.41) is 25.6. The third kappa shape index (κ3) is 5.76. The molecule has 0 aromatic heterocycles. The molecule has 10 heteroatoms. The summed E-state index contributed by atoms with van der Waals surface area (Å²) in [6.45, 7) is 2.07. The predicted molar refractivity (Wildman–Crippen MR) is 108 cm³/mol. The third-order valence-corrected chi connectivity index (χ3v) is 4.01. The highest BCUT2D eigenvalue weighted by atomic mass is 16.6. The largest absolute Gasteiger partial charge is 0.449 e. The molecule has 0 heterocycles. The number of nitrogens with one attached hydrogen (secondary N) is 2. The van der Waals surface area contributed by atoms with Crippen LogP contribution in [0.4, 0.5) is 17.1 Å². The Kier molecular flexibility index (Phi) is 7.84. The minimum absolute atomic E-state index is 0.0858. The van der Waals surface area contributed by atoms with Crippen LogP contribution in [0.15, 0.2) is 42.5 Å². The predicted octanol–water partition coefficient (Wildman–Crippen LogP) is 2.71. The van der Waals surface area contributed by atoms with Gasteiger partial charge < -0.3 is 20.1 Å². The van der Waals surface area contributed by atoms with E-state index in [1.54, 1.807) is 18.2 Å². The van der Waals surface area contributed by atoms with Crippen LogP contribution in [-0.2, 0) is 14.3 Å². The van der Waals surface area contributed by atoms with Crippen molar-refractivity contribution < 1.29 is 24.0 Å².